The number of β-amino-alcohol motifs (C(OH)–C–C–N with tert-alkyl or cyclic N) is 1. The summed E-state index contributed by atoms with van der Waals surface area (Å²) in [5.41, 5.74) is -0.0640. The molecule has 0 spiro atoms. The molecule has 6 nitrogen and oxygen atoms in total. The number of nitrogens with zero attached hydrogens (tertiary/aromatic N) is 2. The van der Waals surface area contributed by atoms with Crippen LogP contribution in [-0.2, 0) is 0 Å². The maximum absolute atomic E-state index is 12.2. The SMILES string of the molecule is O=[N+]([O-])c1ccc(OC2CN(CC(O)C(F)(F)F)C2)cc1. The first-order valence-electron chi connectivity index (χ1n) is 6.14. The van der Waals surface area contributed by atoms with Crippen molar-refractivity contribution in [2.24, 2.45) is 0 Å². The molecule has 1 atom stereocenters. The second-order valence-corrected chi connectivity index (χ2v) is 4.77. The number of alkyl halides is 3. The average Bonchev–Trinajstić information content (AvgIpc) is 2.35. The van der Waals surface area contributed by atoms with Crippen LogP contribution < -0.4 is 4.74 Å². The first-order chi connectivity index (χ1) is 9.75. The first kappa shape index (κ1) is 15.5. The molecular weight excluding hydrogens is 293 g/mol. The molecular formula is C12H13F3N2O4. The Morgan fingerprint density at radius 1 is 1.38 bits per heavy atom. The van der Waals surface area contributed by atoms with Gasteiger partial charge in [-0.05, 0) is 12.1 Å². The minimum absolute atomic E-state index is 0.0640. The normalized spacial score (nSPS) is 18.1. The van der Waals surface area contributed by atoms with E-state index in [1.54, 1.807) is 0 Å². The molecule has 0 amide bonds. The number of ether oxygens (including phenoxy) is 1. The Morgan fingerprint density at radius 3 is 2.43 bits per heavy atom. The van der Waals surface area contributed by atoms with E-state index in [9.17, 15) is 23.3 Å². The third-order valence-electron chi connectivity index (χ3n) is 3.08. The van der Waals surface area contributed by atoms with E-state index in [0.29, 0.717) is 5.75 Å². The predicted octanol–water partition coefficient (Wildman–Crippen LogP) is 1.58. The second-order valence-electron chi connectivity index (χ2n) is 4.77. The summed E-state index contributed by atoms with van der Waals surface area (Å²) < 4.78 is 41.9. The van der Waals surface area contributed by atoms with Gasteiger partial charge in [0.2, 0.25) is 0 Å². The van der Waals surface area contributed by atoms with Crippen LogP contribution in [0, 0.1) is 10.1 Å². The highest BCUT2D eigenvalue weighted by Crippen LogP contribution is 2.24. The first-order valence-corrected chi connectivity index (χ1v) is 6.14. The smallest absolute Gasteiger partial charge is 0.415 e. The number of rotatable bonds is 5. The number of hydrogen-bond acceptors (Lipinski definition) is 5. The number of non-ortho nitro benzene ring substituents is 1. The van der Waals surface area contributed by atoms with E-state index < -0.39 is 23.7 Å². The summed E-state index contributed by atoms with van der Waals surface area (Å²) in [6.45, 7) is 0.0534. The minimum Gasteiger partial charge on any atom is -0.488 e. The molecule has 1 aliphatic heterocycles. The molecule has 2 rings (SSSR count). The fourth-order valence-electron chi connectivity index (χ4n) is 1.93. The zero-order valence-corrected chi connectivity index (χ0v) is 10.8. The lowest BCUT2D eigenvalue weighted by Crippen LogP contribution is -2.57. The number of likely N-dealkylation sites (tertiary alicyclic amines) is 1. The van der Waals surface area contributed by atoms with Gasteiger partial charge in [0.1, 0.15) is 11.9 Å². The summed E-state index contributed by atoms with van der Waals surface area (Å²) in [6, 6.07) is 5.45. The van der Waals surface area contributed by atoms with Gasteiger partial charge in [-0.25, -0.2) is 0 Å². The highest BCUT2D eigenvalue weighted by molar-refractivity contribution is 5.36. The molecule has 0 radical (unpaired) electrons. The van der Waals surface area contributed by atoms with E-state index in [2.05, 4.69) is 0 Å². The topological polar surface area (TPSA) is 75.8 Å². The highest BCUT2D eigenvalue weighted by atomic mass is 19.4. The molecule has 1 aromatic rings. The third kappa shape index (κ3) is 4.05. The van der Waals surface area contributed by atoms with E-state index in [1.165, 1.54) is 29.2 Å². The van der Waals surface area contributed by atoms with Crippen LogP contribution in [0.3, 0.4) is 0 Å². The second kappa shape index (κ2) is 5.86. The van der Waals surface area contributed by atoms with Gasteiger partial charge < -0.3 is 9.84 Å². The van der Waals surface area contributed by atoms with Crippen molar-refractivity contribution in [3.05, 3.63) is 34.4 Å². The van der Waals surface area contributed by atoms with E-state index in [4.69, 9.17) is 9.84 Å². The van der Waals surface area contributed by atoms with Crippen LogP contribution in [0.2, 0.25) is 0 Å². The lowest BCUT2D eigenvalue weighted by Gasteiger charge is -2.40. The van der Waals surface area contributed by atoms with Gasteiger partial charge in [0.05, 0.1) is 4.92 Å². The molecule has 0 bridgehead atoms. The van der Waals surface area contributed by atoms with E-state index >= 15 is 0 Å². The van der Waals surface area contributed by atoms with Crippen LogP contribution in [0.15, 0.2) is 24.3 Å². The maximum atomic E-state index is 12.2. The molecule has 0 aromatic heterocycles. The lowest BCUT2D eigenvalue weighted by molar-refractivity contribution is -0.384. The number of hydrogen-bond donors (Lipinski definition) is 1. The van der Waals surface area contributed by atoms with Gasteiger partial charge in [-0.3, -0.25) is 15.0 Å². The van der Waals surface area contributed by atoms with Crippen molar-refractivity contribution < 1.29 is 27.9 Å². The Kier molecular flexibility index (Phi) is 4.33. The van der Waals surface area contributed by atoms with Crippen molar-refractivity contribution in [3.8, 4) is 5.75 Å². The molecule has 1 saturated heterocycles. The maximum Gasteiger partial charge on any atom is 0.415 e. The number of halogens is 3. The molecule has 9 heteroatoms. The van der Waals surface area contributed by atoms with Crippen molar-refractivity contribution in [2.75, 3.05) is 19.6 Å². The molecule has 1 heterocycles. The van der Waals surface area contributed by atoms with E-state index in [-0.39, 0.29) is 24.9 Å². The Balaban J connectivity index is 1.76. The summed E-state index contributed by atoms with van der Waals surface area (Å²) in [4.78, 5) is 11.4. The Bertz CT molecular complexity index is 500. The molecule has 1 unspecified atom stereocenters. The van der Waals surface area contributed by atoms with Gasteiger partial charge in [-0.2, -0.15) is 13.2 Å². The third-order valence-corrected chi connectivity index (χ3v) is 3.08. The Morgan fingerprint density at radius 2 is 1.95 bits per heavy atom. The van der Waals surface area contributed by atoms with Crippen LogP contribution in [0.4, 0.5) is 18.9 Å². The van der Waals surface area contributed by atoms with Crippen molar-refractivity contribution in [2.45, 2.75) is 18.4 Å². The van der Waals surface area contributed by atoms with Crippen LogP contribution in [0.5, 0.6) is 5.75 Å². The Hall–Kier alpha value is -1.87. The number of nitro groups is 1. The molecule has 1 fully saturated rings. The number of aliphatic hydroxyl groups is 1. The predicted molar refractivity (Wildman–Crippen MR) is 66.0 cm³/mol. The van der Waals surface area contributed by atoms with Crippen molar-refractivity contribution in [1.29, 1.82) is 0 Å². The van der Waals surface area contributed by atoms with Gasteiger partial charge >= 0.3 is 6.18 Å². The molecule has 1 N–H and O–H groups in total. The summed E-state index contributed by atoms with van der Waals surface area (Å²) in [5, 5.41) is 19.4. The van der Waals surface area contributed by atoms with Crippen LogP contribution >= 0.6 is 0 Å². The van der Waals surface area contributed by atoms with E-state index in [1.807, 2.05) is 0 Å². The monoisotopic (exact) mass is 306 g/mol. The van der Waals surface area contributed by atoms with E-state index in [0.717, 1.165) is 0 Å². The summed E-state index contributed by atoms with van der Waals surface area (Å²) >= 11 is 0. The summed E-state index contributed by atoms with van der Waals surface area (Å²) in [7, 11) is 0. The van der Waals surface area contributed by atoms with Crippen LogP contribution in [0.1, 0.15) is 0 Å². The largest absolute Gasteiger partial charge is 0.488 e. The molecule has 21 heavy (non-hydrogen) atoms. The molecule has 116 valence electrons. The standard InChI is InChI=1S/C12H13F3N2O4/c13-12(14,15)11(18)7-16-5-10(6-16)21-9-3-1-8(2-4-9)17(19)20/h1-4,10-11,18H,5-7H2. The number of benzene rings is 1. The zero-order chi connectivity index (χ0) is 15.6. The molecule has 1 aliphatic rings. The van der Waals surface area contributed by atoms with Crippen molar-refractivity contribution in [1.82, 2.24) is 4.90 Å². The highest BCUT2D eigenvalue weighted by Gasteiger charge is 2.41. The van der Waals surface area contributed by atoms with Gasteiger partial charge in [0, 0.05) is 31.8 Å². The van der Waals surface area contributed by atoms with Crippen molar-refractivity contribution in [3.63, 3.8) is 0 Å². The average molecular weight is 306 g/mol. The lowest BCUT2D eigenvalue weighted by atomic mass is 10.1. The minimum atomic E-state index is -4.62. The summed E-state index contributed by atoms with van der Waals surface area (Å²) in [6.07, 6.45) is -7.27. The number of nitro benzene ring substituents is 1. The van der Waals surface area contributed by atoms with Gasteiger partial charge in [0.15, 0.2) is 6.10 Å². The fraction of sp³-hybridized carbons (Fsp3) is 0.500. The quantitative estimate of drug-likeness (QED) is 0.660. The van der Waals surface area contributed by atoms with Crippen LogP contribution in [0.25, 0.3) is 0 Å². The fourth-order valence-corrected chi connectivity index (χ4v) is 1.93. The molecule has 0 aliphatic carbocycles. The Labute approximate surface area is 117 Å². The molecule has 0 saturated carbocycles. The van der Waals surface area contributed by atoms with Crippen LogP contribution in [-0.4, -0.2) is 52.9 Å². The van der Waals surface area contributed by atoms with Gasteiger partial charge in [-0.15, -0.1) is 0 Å². The molecule has 1 aromatic carbocycles. The van der Waals surface area contributed by atoms with Crippen molar-refractivity contribution >= 4 is 5.69 Å². The van der Waals surface area contributed by atoms with Gasteiger partial charge in [-0.1, -0.05) is 0 Å². The zero-order valence-electron chi connectivity index (χ0n) is 10.8. The number of aliphatic hydroxyl groups excluding tert-OH is 1. The van der Waals surface area contributed by atoms with Gasteiger partial charge in [0.25, 0.3) is 5.69 Å². The summed E-state index contributed by atoms with van der Waals surface area (Å²) in [5.74, 6) is 0.418.